The van der Waals surface area contributed by atoms with Gasteiger partial charge in [-0.05, 0) is 26.0 Å². The smallest absolute Gasteiger partial charge is 0.163 e. The number of hydrogen-bond acceptors (Lipinski definition) is 4. The summed E-state index contributed by atoms with van der Waals surface area (Å²) in [6.45, 7) is 3.98. The maximum Gasteiger partial charge on any atom is 0.163 e. The predicted octanol–water partition coefficient (Wildman–Crippen LogP) is 3.22. The van der Waals surface area contributed by atoms with Gasteiger partial charge in [0.15, 0.2) is 5.75 Å². The van der Waals surface area contributed by atoms with Crippen molar-refractivity contribution >= 4 is 11.6 Å². The predicted molar refractivity (Wildman–Crippen MR) is 81.2 cm³/mol. The maximum atomic E-state index is 10.8. The minimum Gasteiger partial charge on any atom is -0.496 e. The average Bonchev–Trinajstić information content (AvgIpc) is 2.90. The second kappa shape index (κ2) is 6.37. The largest absolute Gasteiger partial charge is 0.496 e. The number of aromatic nitrogens is 2. The SMILES string of the molecule is COc1cc(Cl)ccc1C(O)c1c(OC)cnn1C(C)C. The Morgan fingerprint density at radius 2 is 1.86 bits per heavy atom. The Hall–Kier alpha value is -1.72. The van der Waals surface area contributed by atoms with E-state index in [4.69, 9.17) is 21.1 Å². The molecular weight excluding hydrogens is 292 g/mol. The first-order valence-corrected chi connectivity index (χ1v) is 7.00. The molecule has 0 spiro atoms. The molecule has 1 aromatic carbocycles. The van der Waals surface area contributed by atoms with Crippen LogP contribution in [0.1, 0.15) is 37.3 Å². The van der Waals surface area contributed by atoms with Gasteiger partial charge in [-0.1, -0.05) is 17.7 Å². The van der Waals surface area contributed by atoms with E-state index in [1.165, 1.54) is 0 Å². The van der Waals surface area contributed by atoms with E-state index in [0.717, 1.165) is 0 Å². The molecule has 0 aliphatic carbocycles. The number of halogens is 1. The van der Waals surface area contributed by atoms with Crippen LogP contribution in [0.15, 0.2) is 24.4 Å². The standard InChI is InChI=1S/C15H19ClN2O3/c1-9(2)18-14(13(21-4)8-17-18)15(19)11-6-5-10(16)7-12(11)20-3/h5-9,15,19H,1-4H3. The molecule has 0 aliphatic heterocycles. The van der Waals surface area contributed by atoms with E-state index < -0.39 is 6.10 Å². The van der Waals surface area contributed by atoms with Gasteiger partial charge in [-0.15, -0.1) is 0 Å². The summed E-state index contributed by atoms with van der Waals surface area (Å²) in [6.07, 6.45) is 0.679. The molecule has 0 saturated heterocycles. The van der Waals surface area contributed by atoms with Gasteiger partial charge in [0.1, 0.15) is 17.5 Å². The minimum absolute atomic E-state index is 0.0943. The van der Waals surface area contributed by atoms with Gasteiger partial charge in [-0.25, -0.2) is 0 Å². The fourth-order valence-corrected chi connectivity index (χ4v) is 2.40. The summed E-state index contributed by atoms with van der Waals surface area (Å²) in [5, 5.41) is 15.6. The fraction of sp³-hybridized carbons (Fsp3) is 0.400. The Balaban J connectivity index is 2.54. The highest BCUT2D eigenvalue weighted by atomic mass is 35.5. The third-order valence-electron chi connectivity index (χ3n) is 3.26. The molecule has 1 atom stereocenters. The molecule has 1 N–H and O–H groups in total. The van der Waals surface area contributed by atoms with Crippen LogP contribution in [0.4, 0.5) is 0 Å². The molecule has 1 heterocycles. The van der Waals surface area contributed by atoms with Gasteiger partial charge in [0.25, 0.3) is 0 Å². The van der Waals surface area contributed by atoms with Crippen LogP contribution in [0.2, 0.25) is 5.02 Å². The number of ether oxygens (including phenoxy) is 2. The molecule has 0 radical (unpaired) electrons. The molecule has 2 rings (SSSR count). The number of nitrogens with zero attached hydrogens (tertiary/aromatic N) is 2. The van der Waals surface area contributed by atoms with Gasteiger partial charge in [-0.2, -0.15) is 5.10 Å². The fourth-order valence-electron chi connectivity index (χ4n) is 2.24. The second-order valence-corrected chi connectivity index (χ2v) is 5.36. The monoisotopic (exact) mass is 310 g/mol. The molecular formula is C15H19ClN2O3. The Bertz CT molecular complexity index is 625. The normalized spacial score (nSPS) is 12.5. The van der Waals surface area contributed by atoms with Gasteiger partial charge in [-0.3, -0.25) is 4.68 Å². The lowest BCUT2D eigenvalue weighted by atomic mass is 10.0. The van der Waals surface area contributed by atoms with Gasteiger partial charge in [0.05, 0.1) is 20.4 Å². The third kappa shape index (κ3) is 2.99. The molecule has 1 aromatic heterocycles. The number of aliphatic hydroxyl groups is 1. The number of benzene rings is 1. The van der Waals surface area contributed by atoms with E-state index in [1.54, 1.807) is 43.3 Å². The highest BCUT2D eigenvalue weighted by Gasteiger charge is 2.25. The highest BCUT2D eigenvalue weighted by molar-refractivity contribution is 6.30. The summed E-state index contributed by atoms with van der Waals surface area (Å²) in [7, 11) is 3.09. The van der Waals surface area contributed by atoms with Gasteiger partial charge in [0, 0.05) is 16.6 Å². The first kappa shape index (κ1) is 15.7. The van der Waals surface area contributed by atoms with E-state index in [2.05, 4.69) is 5.10 Å². The summed E-state index contributed by atoms with van der Waals surface area (Å²) in [6, 6.07) is 5.22. The summed E-state index contributed by atoms with van der Waals surface area (Å²) in [5.74, 6) is 1.06. The van der Waals surface area contributed by atoms with E-state index >= 15 is 0 Å². The number of rotatable bonds is 5. The van der Waals surface area contributed by atoms with Gasteiger partial charge >= 0.3 is 0 Å². The lowest BCUT2D eigenvalue weighted by Gasteiger charge is -2.19. The molecule has 0 fully saturated rings. The second-order valence-electron chi connectivity index (χ2n) is 4.93. The van der Waals surface area contributed by atoms with Crippen LogP contribution in [-0.4, -0.2) is 29.1 Å². The first-order valence-electron chi connectivity index (χ1n) is 6.62. The molecule has 114 valence electrons. The Morgan fingerprint density at radius 3 is 2.43 bits per heavy atom. The van der Waals surface area contributed by atoms with E-state index in [-0.39, 0.29) is 6.04 Å². The average molecular weight is 311 g/mol. The van der Waals surface area contributed by atoms with Crippen molar-refractivity contribution < 1.29 is 14.6 Å². The number of aliphatic hydroxyl groups excluding tert-OH is 1. The zero-order valence-corrected chi connectivity index (χ0v) is 13.3. The van der Waals surface area contributed by atoms with Crippen LogP contribution in [0.25, 0.3) is 0 Å². The van der Waals surface area contributed by atoms with Crippen LogP contribution >= 0.6 is 11.6 Å². The van der Waals surface area contributed by atoms with Crippen LogP contribution in [0.3, 0.4) is 0 Å². The lowest BCUT2D eigenvalue weighted by Crippen LogP contribution is -2.13. The third-order valence-corrected chi connectivity index (χ3v) is 3.49. The van der Waals surface area contributed by atoms with Crippen molar-refractivity contribution in [3.63, 3.8) is 0 Å². The Morgan fingerprint density at radius 1 is 1.19 bits per heavy atom. The Labute approximate surface area is 129 Å². The number of hydrogen-bond donors (Lipinski definition) is 1. The topological polar surface area (TPSA) is 56.5 Å². The summed E-state index contributed by atoms with van der Waals surface area (Å²) in [5.41, 5.74) is 1.20. The quantitative estimate of drug-likeness (QED) is 0.921. The molecule has 21 heavy (non-hydrogen) atoms. The molecule has 2 aromatic rings. The van der Waals surface area contributed by atoms with Crippen molar-refractivity contribution in [3.8, 4) is 11.5 Å². The van der Waals surface area contributed by atoms with Crippen LogP contribution in [0, 0.1) is 0 Å². The lowest BCUT2D eigenvalue weighted by molar-refractivity contribution is 0.195. The van der Waals surface area contributed by atoms with Gasteiger partial charge < -0.3 is 14.6 Å². The highest BCUT2D eigenvalue weighted by Crippen LogP contribution is 2.36. The van der Waals surface area contributed by atoms with E-state index in [9.17, 15) is 5.11 Å². The summed E-state index contributed by atoms with van der Waals surface area (Å²) < 4.78 is 12.3. The first-order chi connectivity index (χ1) is 9.99. The van der Waals surface area contributed by atoms with Crippen molar-refractivity contribution in [2.45, 2.75) is 26.0 Å². The molecule has 6 heteroatoms. The number of methoxy groups -OCH3 is 2. The zero-order chi connectivity index (χ0) is 15.6. The van der Waals surface area contributed by atoms with E-state index in [0.29, 0.717) is 27.8 Å². The molecule has 0 saturated carbocycles. The minimum atomic E-state index is -0.919. The van der Waals surface area contributed by atoms with Crippen molar-refractivity contribution in [2.24, 2.45) is 0 Å². The van der Waals surface area contributed by atoms with E-state index in [1.807, 2.05) is 13.8 Å². The summed E-state index contributed by atoms with van der Waals surface area (Å²) >= 11 is 5.96. The molecule has 0 bridgehead atoms. The van der Waals surface area contributed by atoms with Crippen molar-refractivity contribution in [3.05, 3.63) is 40.7 Å². The van der Waals surface area contributed by atoms with Crippen molar-refractivity contribution in [1.82, 2.24) is 9.78 Å². The zero-order valence-electron chi connectivity index (χ0n) is 12.5. The Kier molecular flexibility index (Phi) is 4.75. The van der Waals surface area contributed by atoms with Crippen LogP contribution in [0.5, 0.6) is 11.5 Å². The van der Waals surface area contributed by atoms with Crippen LogP contribution < -0.4 is 9.47 Å². The van der Waals surface area contributed by atoms with Crippen molar-refractivity contribution in [2.75, 3.05) is 14.2 Å². The van der Waals surface area contributed by atoms with Gasteiger partial charge in [0.2, 0.25) is 0 Å². The molecule has 5 nitrogen and oxygen atoms in total. The van der Waals surface area contributed by atoms with Crippen molar-refractivity contribution in [1.29, 1.82) is 0 Å². The molecule has 0 amide bonds. The molecule has 0 aliphatic rings. The molecule has 1 unspecified atom stereocenters. The maximum absolute atomic E-state index is 10.8. The summed E-state index contributed by atoms with van der Waals surface area (Å²) in [4.78, 5) is 0. The van der Waals surface area contributed by atoms with Crippen LogP contribution in [-0.2, 0) is 0 Å².